The van der Waals surface area contributed by atoms with Gasteiger partial charge in [0.25, 0.3) is 0 Å². The Morgan fingerprint density at radius 1 is 1.36 bits per heavy atom. The molecule has 0 radical (unpaired) electrons. The number of nitrogens with one attached hydrogen (secondary N) is 2. The van der Waals surface area contributed by atoms with Gasteiger partial charge in [0.05, 0.1) is 6.10 Å². The summed E-state index contributed by atoms with van der Waals surface area (Å²) in [6, 6.07) is 0. The molecule has 3 heterocycles. The summed E-state index contributed by atoms with van der Waals surface area (Å²) in [4.78, 5) is 24.6. The van der Waals surface area contributed by atoms with Gasteiger partial charge in [-0.25, -0.2) is 9.48 Å². The van der Waals surface area contributed by atoms with Crippen molar-refractivity contribution in [3.05, 3.63) is 16.3 Å². The third-order valence-electron chi connectivity index (χ3n) is 5.09. The minimum Gasteiger partial charge on any atom is -0.376 e. The van der Waals surface area contributed by atoms with Gasteiger partial charge in [0.15, 0.2) is 0 Å². The largest absolute Gasteiger partial charge is 0.376 e. The Morgan fingerprint density at radius 2 is 2.16 bits per heavy atom. The summed E-state index contributed by atoms with van der Waals surface area (Å²) in [5.74, 6) is 1.16. The standard InChI is InChI=1S/C17H29N5O3/c1-2-21-15(10-13-5-7-18-8-6-13)20-22(17(21)24)12-16(23)19-11-14-4-3-9-25-14/h13-14,18H,2-12H2,1H3,(H,19,23)/t14-/m1/s1. The van der Waals surface area contributed by atoms with Crippen LogP contribution in [0.4, 0.5) is 0 Å². The van der Waals surface area contributed by atoms with Gasteiger partial charge in [0.2, 0.25) is 5.91 Å². The molecule has 2 N–H and O–H groups in total. The Bertz CT molecular complexity index is 627. The molecule has 1 aromatic heterocycles. The highest BCUT2D eigenvalue weighted by molar-refractivity contribution is 5.75. The molecule has 0 aromatic carbocycles. The number of carbonyl (C=O) groups excluding carboxylic acids is 1. The molecule has 3 rings (SSSR count). The van der Waals surface area contributed by atoms with Crippen LogP contribution in [0, 0.1) is 5.92 Å². The van der Waals surface area contributed by atoms with Crippen molar-refractivity contribution in [2.24, 2.45) is 5.92 Å². The van der Waals surface area contributed by atoms with Crippen molar-refractivity contribution in [1.29, 1.82) is 0 Å². The Labute approximate surface area is 147 Å². The first-order valence-electron chi connectivity index (χ1n) is 9.43. The molecule has 8 nitrogen and oxygen atoms in total. The lowest BCUT2D eigenvalue weighted by Gasteiger charge is -2.21. The number of piperidine rings is 1. The van der Waals surface area contributed by atoms with E-state index in [0.29, 0.717) is 19.0 Å². The van der Waals surface area contributed by atoms with Gasteiger partial charge in [0.1, 0.15) is 12.4 Å². The third kappa shape index (κ3) is 4.70. The van der Waals surface area contributed by atoms with Gasteiger partial charge in [-0.1, -0.05) is 0 Å². The van der Waals surface area contributed by atoms with E-state index in [1.54, 1.807) is 4.57 Å². The number of hydrogen-bond acceptors (Lipinski definition) is 5. The fourth-order valence-electron chi connectivity index (χ4n) is 3.63. The van der Waals surface area contributed by atoms with Crippen molar-refractivity contribution in [2.45, 2.75) is 58.2 Å². The molecule has 0 bridgehead atoms. The fraction of sp³-hybridized carbons (Fsp3) is 0.824. The molecule has 8 heteroatoms. The van der Waals surface area contributed by atoms with E-state index >= 15 is 0 Å². The molecule has 2 aliphatic heterocycles. The van der Waals surface area contributed by atoms with Crippen molar-refractivity contribution in [1.82, 2.24) is 25.0 Å². The molecular formula is C17H29N5O3. The molecule has 2 fully saturated rings. The summed E-state index contributed by atoms with van der Waals surface area (Å²) in [5.41, 5.74) is -0.196. The molecule has 2 aliphatic rings. The average Bonchev–Trinajstić information content (AvgIpc) is 3.23. The molecule has 0 spiro atoms. The summed E-state index contributed by atoms with van der Waals surface area (Å²) in [7, 11) is 0. The minimum absolute atomic E-state index is 0.0300. The predicted octanol–water partition coefficient (Wildman–Crippen LogP) is -0.0980. The van der Waals surface area contributed by atoms with Crippen LogP contribution < -0.4 is 16.3 Å². The van der Waals surface area contributed by atoms with Crippen molar-refractivity contribution >= 4 is 5.91 Å². The van der Waals surface area contributed by atoms with Crippen LogP contribution in [0.5, 0.6) is 0 Å². The van der Waals surface area contributed by atoms with Gasteiger partial charge in [-0.3, -0.25) is 9.36 Å². The van der Waals surface area contributed by atoms with Crippen LogP contribution in [0.1, 0.15) is 38.4 Å². The van der Waals surface area contributed by atoms with Crippen LogP contribution in [-0.4, -0.2) is 52.6 Å². The van der Waals surface area contributed by atoms with Crippen molar-refractivity contribution in [2.75, 3.05) is 26.2 Å². The fourth-order valence-corrected chi connectivity index (χ4v) is 3.63. The molecule has 25 heavy (non-hydrogen) atoms. The molecule has 0 aliphatic carbocycles. The van der Waals surface area contributed by atoms with Crippen LogP contribution in [0.15, 0.2) is 4.79 Å². The van der Waals surface area contributed by atoms with Crippen molar-refractivity contribution < 1.29 is 9.53 Å². The monoisotopic (exact) mass is 351 g/mol. The number of nitrogens with zero attached hydrogens (tertiary/aromatic N) is 3. The zero-order chi connectivity index (χ0) is 17.6. The topological polar surface area (TPSA) is 90.2 Å². The van der Waals surface area contributed by atoms with E-state index in [4.69, 9.17) is 4.74 Å². The first-order chi connectivity index (χ1) is 12.2. The second kappa shape index (κ2) is 8.62. The molecule has 2 saturated heterocycles. The van der Waals surface area contributed by atoms with Gasteiger partial charge >= 0.3 is 5.69 Å². The number of aromatic nitrogens is 3. The summed E-state index contributed by atoms with van der Waals surface area (Å²) < 4.78 is 8.48. The maximum Gasteiger partial charge on any atom is 0.346 e. The lowest BCUT2D eigenvalue weighted by Crippen LogP contribution is -2.37. The Hall–Kier alpha value is -1.67. The summed E-state index contributed by atoms with van der Waals surface area (Å²) in [5, 5.41) is 10.6. The second-order valence-electron chi connectivity index (χ2n) is 6.94. The van der Waals surface area contributed by atoms with Crippen LogP contribution >= 0.6 is 0 Å². The van der Waals surface area contributed by atoms with E-state index in [0.717, 1.165) is 57.6 Å². The number of rotatable bonds is 7. The maximum atomic E-state index is 12.5. The smallest absolute Gasteiger partial charge is 0.346 e. The molecule has 0 saturated carbocycles. The average molecular weight is 351 g/mol. The molecule has 0 unspecified atom stereocenters. The highest BCUT2D eigenvalue weighted by atomic mass is 16.5. The maximum absolute atomic E-state index is 12.5. The lowest BCUT2D eigenvalue weighted by molar-refractivity contribution is -0.122. The van der Waals surface area contributed by atoms with Crippen LogP contribution in [0.25, 0.3) is 0 Å². The number of carbonyl (C=O) groups is 1. The van der Waals surface area contributed by atoms with Crippen molar-refractivity contribution in [3.8, 4) is 0 Å². The molecular weight excluding hydrogens is 322 g/mol. The lowest BCUT2D eigenvalue weighted by atomic mass is 9.94. The zero-order valence-electron chi connectivity index (χ0n) is 15.0. The summed E-state index contributed by atoms with van der Waals surface area (Å²) in [6.07, 6.45) is 5.13. The minimum atomic E-state index is -0.196. The Kier molecular flexibility index (Phi) is 6.25. The highest BCUT2D eigenvalue weighted by Gasteiger charge is 2.21. The Morgan fingerprint density at radius 3 is 2.84 bits per heavy atom. The number of hydrogen-bond donors (Lipinski definition) is 2. The van der Waals surface area contributed by atoms with Crippen LogP contribution in [-0.2, 0) is 29.0 Å². The first-order valence-corrected chi connectivity index (χ1v) is 9.43. The van der Waals surface area contributed by atoms with Gasteiger partial charge in [-0.05, 0) is 51.6 Å². The number of ether oxygens (including phenoxy) is 1. The highest BCUT2D eigenvalue weighted by Crippen LogP contribution is 2.16. The Balaban J connectivity index is 1.60. The number of amides is 1. The van der Waals surface area contributed by atoms with Gasteiger partial charge < -0.3 is 15.4 Å². The first kappa shape index (κ1) is 18.1. The van der Waals surface area contributed by atoms with Gasteiger partial charge in [-0.15, -0.1) is 0 Å². The van der Waals surface area contributed by atoms with Crippen LogP contribution in [0.2, 0.25) is 0 Å². The van der Waals surface area contributed by atoms with Gasteiger partial charge in [-0.2, -0.15) is 5.10 Å². The van der Waals surface area contributed by atoms with E-state index in [9.17, 15) is 9.59 Å². The summed E-state index contributed by atoms with van der Waals surface area (Å²) >= 11 is 0. The van der Waals surface area contributed by atoms with E-state index in [-0.39, 0.29) is 24.2 Å². The van der Waals surface area contributed by atoms with E-state index in [2.05, 4.69) is 15.7 Å². The van der Waals surface area contributed by atoms with Crippen LogP contribution in [0.3, 0.4) is 0 Å². The van der Waals surface area contributed by atoms with E-state index in [1.807, 2.05) is 6.92 Å². The second-order valence-corrected chi connectivity index (χ2v) is 6.94. The molecule has 1 aromatic rings. The molecule has 1 amide bonds. The van der Waals surface area contributed by atoms with E-state index in [1.165, 1.54) is 4.68 Å². The van der Waals surface area contributed by atoms with E-state index < -0.39 is 0 Å². The zero-order valence-corrected chi connectivity index (χ0v) is 15.0. The third-order valence-corrected chi connectivity index (χ3v) is 5.09. The predicted molar refractivity (Wildman–Crippen MR) is 93.4 cm³/mol. The molecule has 140 valence electrons. The van der Waals surface area contributed by atoms with Crippen molar-refractivity contribution in [3.63, 3.8) is 0 Å². The molecule has 1 atom stereocenters. The SMILES string of the molecule is CCn1c(CC2CCNCC2)nn(CC(=O)NC[C@H]2CCCO2)c1=O. The normalized spacial score (nSPS) is 21.6. The summed E-state index contributed by atoms with van der Waals surface area (Å²) in [6.45, 7) is 5.80. The van der Waals surface area contributed by atoms with Gasteiger partial charge in [0, 0.05) is 26.1 Å². The quantitative estimate of drug-likeness (QED) is 0.716.